The second-order valence-electron chi connectivity index (χ2n) is 9.15. The maximum absolute atomic E-state index is 8.03. The van der Waals surface area contributed by atoms with E-state index >= 15 is 0 Å². The van der Waals surface area contributed by atoms with Crippen molar-refractivity contribution in [2.75, 3.05) is 26.2 Å². The van der Waals surface area contributed by atoms with Crippen LogP contribution in [0.2, 0.25) is 0 Å². The summed E-state index contributed by atoms with van der Waals surface area (Å²) in [7, 11) is 0. The van der Waals surface area contributed by atoms with Gasteiger partial charge in [-0.3, -0.25) is 10.8 Å². The van der Waals surface area contributed by atoms with Crippen molar-refractivity contribution in [3.05, 3.63) is 64.9 Å². The van der Waals surface area contributed by atoms with Crippen LogP contribution in [0.15, 0.2) is 46.9 Å². The Bertz CT molecular complexity index is 1160. The van der Waals surface area contributed by atoms with E-state index in [4.69, 9.17) is 24.7 Å². The van der Waals surface area contributed by atoms with E-state index in [1.54, 1.807) is 6.07 Å². The molecule has 6 nitrogen and oxygen atoms in total. The minimum absolute atomic E-state index is 0.0416. The van der Waals surface area contributed by atoms with E-state index in [9.17, 15) is 0 Å². The summed E-state index contributed by atoms with van der Waals surface area (Å²) in [5.74, 6) is 1.61. The summed E-state index contributed by atoms with van der Waals surface area (Å²) in [5.41, 5.74) is 4.90. The molecule has 0 radical (unpaired) electrons. The summed E-state index contributed by atoms with van der Waals surface area (Å²) in [5, 5.41) is 16.5. The molecule has 0 spiro atoms. The van der Waals surface area contributed by atoms with Gasteiger partial charge in [0.1, 0.15) is 11.3 Å². The van der Waals surface area contributed by atoms with Crippen molar-refractivity contribution in [2.45, 2.75) is 52.4 Å². The zero-order valence-electron chi connectivity index (χ0n) is 20.4. The van der Waals surface area contributed by atoms with Crippen LogP contribution in [-0.4, -0.2) is 42.9 Å². The monoisotopic (exact) mass is 461 g/mol. The van der Waals surface area contributed by atoms with Gasteiger partial charge >= 0.3 is 0 Å². The number of nitrogens with one attached hydrogen (secondary N) is 2. The van der Waals surface area contributed by atoms with Gasteiger partial charge in [-0.25, -0.2) is 0 Å². The van der Waals surface area contributed by atoms with Gasteiger partial charge in [-0.2, -0.15) is 0 Å². The van der Waals surface area contributed by atoms with Crippen LogP contribution in [0.4, 0.5) is 0 Å². The molecule has 6 heteroatoms. The van der Waals surface area contributed by atoms with Crippen LogP contribution in [0.1, 0.15) is 61.0 Å². The number of furan rings is 1. The van der Waals surface area contributed by atoms with E-state index < -0.39 is 0 Å². The highest BCUT2D eigenvalue weighted by molar-refractivity contribution is 6.00. The molecular weight excluding hydrogens is 426 g/mol. The molecule has 180 valence electrons. The number of hydrogen-bond acceptors (Lipinski definition) is 6. The molecule has 2 N–H and O–H groups in total. The lowest BCUT2D eigenvalue weighted by atomic mass is 9.88. The van der Waals surface area contributed by atoms with Gasteiger partial charge in [0.25, 0.3) is 5.90 Å². The Morgan fingerprint density at radius 2 is 1.85 bits per heavy atom. The smallest absolute Gasteiger partial charge is 0.256 e. The fourth-order valence-corrected chi connectivity index (χ4v) is 4.50. The predicted molar refractivity (Wildman–Crippen MR) is 137 cm³/mol. The third-order valence-corrected chi connectivity index (χ3v) is 6.76. The summed E-state index contributed by atoms with van der Waals surface area (Å²) in [6.07, 6.45) is 3.82. The van der Waals surface area contributed by atoms with Crippen molar-refractivity contribution < 1.29 is 13.9 Å². The molecule has 0 bridgehead atoms. The first-order valence-electron chi connectivity index (χ1n) is 12.2. The third-order valence-electron chi connectivity index (χ3n) is 6.76. The minimum Gasteiger partial charge on any atom is -0.493 e. The van der Waals surface area contributed by atoms with Crippen LogP contribution in [0.3, 0.4) is 0 Å². The molecule has 0 saturated carbocycles. The number of piperidine rings is 1. The molecular formula is C28H35N3O3. The first-order valence-corrected chi connectivity index (χ1v) is 12.2. The Morgan fingerprint density at radius 3 is 2.59 bits per heavy atom. The molecule has 0 unspecified atom stereocenters. The van der Waals surface area contributed by atoms with Gasteiger partial charge in [-0.15, -0.1) is 0 Å². The summed E-state index contributed by atoms with van der Waals surface area (Å²) in [4.78, 5) is 2.54. The largest absolute Gasteiger partial charge is 0.493 e. The summed E-state index contributed by atoms with van der Waals surface area (Å²) in [6, 6.07) is 14.4. The van der Waals surface area contributed by atoms with Crippen LogP contribution in [-0.2, 0) is 4.74 Å². The zero-order valence-corrected chi connectivity index (χ0v) is 20.4. The van der Waals surface area contributed by atoms with Crippen LogP contribution in [0.25, 0.3) is 11.0 Å². The van der Waals surface area contributed by atoms with Crippen molar-refractivity contribution in [2.24, 2.45) is 0 Å². The van der Waals surface area contributed by atoms with E-state index in [0.717, 1.165) is 37.2 Å². The Kier molecular flexibility index (Phi) is 7.68. The number of likely N-dealkylation sites (tertiary alicyclic amines) is 1. The second-order valence-corrected chi connectivity index (χ2v) is 9.15. The highest BCUT2D eigenvalue weighted by atomic mass is 16.5. The number of fused-ring (bicyclic) bond motifs is 1. The Balaban J connectivity index is 1.25. The standard InChI is InChI=1S/C28H35N3O3/c1-4-27(29)34-28(30)26-18-23-24(7-5-8-25(23)33-26)32-16-6-13-31-14-11-21(12-15-31)22-10-9-19(2)20(3)17-22/h5,7-10,17-18,21,29-30H,4,6,11-16H2,1-3H3. The van der Waals surface area contributed by atoms with Crippen molar-refractivity contribution in [3.63, 3.8) is 0 Å². The highest BCUT2D eigenvalue weighted by Crippen LogP contribution is 2.30. The van der Waals surface area contributed by atoms with Gasteiger partial charge in [-0.1, -0.05) is 31.2 Å². The molecule has 1 aliphatic rings. The first kappa shape index (κ1) is 24.0. The number of benzene rings is 2. The van der Waals surface area contributed by atoms with Gasteiger partial charge in [0.2, 0.25) is 0 Å². The van der Waals surface area contributed by atoms with Crippen LogP contribution < -0.4 is 4.74 Å². The average Bonchev–Trinajstić information content (AvgIpc) is 3.29. The SMILES string of the molecule is CCC(=N)OC(=N)c1cc2c(OCCCN3CCC(c4ccc(C)c(C)c4)CC3)cccc2o1. The lowest BCUT2D eigenvalue weighted by Gasteiger charge is -2.32. The number of ether oxygens (including phenoxy) is 2. The molecule has 34 heavy (non-hydrogen) atoms. The van der Waals surface area contributed by atoms with Gasteiger partial charge < -0.3 is 18.8 Å². The van der Waals surface area contributed by atoms with Crippen LogP contribution in [0.5, 0.6) is 5.75 Å². The summed E-state index contributed by atoms with van der Waals surface area (Å²) < 4.78 is 17.0. The predicted octanol–water partition coefficient (Wildman–Crippen LogP) is 6.43. The number of nitrogens with zero attached hydrogens (tertiary/aromatic N) is 1. The van der Waals surface area contributed by atoms with Crippen molar-refractivity contribution in [1.29, 1.82) is 10.8 Å². The first-order chi connectivity index (χ1) is 16.4. The van der Waals surface area contributed by atoms with Gasteiger partial charge in [-0.05, 0) is 80.9 Å². The molecule has 2 aromatic carbocycles. The van der Waals surface area contributed by atoms with E-state index in [1.807, 2.05) is 25.1 Å². The van der Waals surface area contributed by atoms with Gasteiger partial charge in [0.05, 0.1) is 12.0 Å². The van der Waals surface area contributed by atoms with Crippen molar-refractivity contribution >= 4 is 22.8 Å². The molecule has 1 aliphatic heterocycles. The van der Waals surface area contributed by atoms with E-state index in [2.05, 4.69) is 36.9 Å². The van der Waals surface area contributed by atoms with E-state index in [0.29, 0.717) is 30.3 Å². The molecule has 1 aromatic heterocycles. The summed E-state index contributed by atoms with van der Waals surface area (Å²) >= 11 is 0. The fraction of sp³-hybridized carbons (Fsp3) is 0.429. The minimum atomic E-state index is -0.154. The highest BCUT2D eigenvalue weighted by Gasteiger charge is 2.21. The maximum atomic E-state index is 8.03. The zero-order chi connectivity index (χ0) is 24.1. The van der Waals surface area contributed by atoms with E-state index in [1.165, 1.54) is 29.5 Å². The van der Waals surface area contributed by atoms with Gasteiger partial charge in [0, 0.05) is 19.0 Å². The quantitative estimate of drug-likeness (QED) is 0.230. The number of rotatable bonds is 8. The lowest BCUT2D eigenvalue weighted by molar-refractivity contribution is 0.193. The Morgan fingerprint density at radius 1 is 1.06 bits per heavy atom. The molecule has 0 amide bonds. The molecule has 3 aromatic rings. The van der Waals surface area contributed by atoms with E-state index in [-0.39, 0.29) is 11.8 Å². The topological polar surface area (TPSA) is 82.5 Å². The number of hydrogen-bond donors (Lipinski definition) is 2. The molecule has 1 saturated heterocycles. The normalized spacial score (nSPS) is 14.9. The molecule has 0 aliphatic carbocycles. The molecule has 0 atom stereocenters. The van der Waals surface area contributed by atoms with Crippen LogP contribution >= 0.6 is 0 Å². The number of aryl methyl sites for hydroxylation is 2. The van der Waals surface area contributed by atoms with Crippen molar-refractivity contribution in [1.82, 2.24) is 4.90 Å². The second kappa shape index (κ2) is 10.9. The molecule has 1 fully saturated rings. The van der Waals surface area contributed by atoms with Gasteiger partial charge in [0.15, 0.2) is 11.7 Å². The molecule has 2 heterocycles. The van der Waals surface area contributed by atoms with Crippen molar-refractivity contribution in [3.8, 4) is 5.75 Å². The van der Waals surface area contributed by atoms with Crippen LogP contribution in [0, 0.1) is 24.7 Å². The average molecular weight is 462 g/mol. The Hall–Kier alpha value is -3.12. The summed E-state index contributed by atoms with van der Waals surface area (Å²) in [6.45, 7) is 10.1. The third kappa shape index (κ3) is 5.68. The fourth-order valence-electron chi connectivity index (χ4n) is 4.50. The Labute approximate surface area is 201 Å². The molecule has 4 rings (SSSR count). The lowest BCUT2D eigenvalue weighted by Crippen LogP contribution is -2.34. The maximum Gasteiger partial charge on any atom is 0.256 e.